The van der Waals surface area contributed by atoms with Crippen LogP contribution in [-0.4, -0.2) is 35.9 Å². The van der Waals surface area contributed by atoms with Gasteiger partial charge < -0.3 is 15.4 Å². The molecule has 2 aromatic rings. The molecular weight excluding hydrogens is 358 g/mol. The van der Waals surface area contributed by atoms with E-state index in [1.165, 1.54) is 25.8 Å². The number of hydrogen-bond donors (Lipinski definition) is 2. The summed E-state index contributed by atoms with van der Waals surface area (Å²) >= 11 is 0. The van der Waals surface area contributed by atoms with Gasteiger partial charge in [-0.2, -0.15) is 0 Å². The summed E-state index contributed by atoms with van der Waals surface area (Å²) in [4.78, 5) is 40.4. The van der Waals surface area contributed by atoms with Crippen LogP contribution in [0, 0.1) is 0 Å². The Kier molecular flexibility index (Phi) is 6.37. The van der Waals surface area contributed by atoms with Gasteiger partial charge >= 0.3 is 5.97 Å². The van der Waals surface area contributed by atoms with Gasteiger partial charge in [-0.3, -0.25) is 14.6 Å². The van der Waals surface area contributed by atoms with E-state index in [0.29, 0.717) is 16.8 Å². The molecule has 2 N–H and O–H groups in total. The van der Waals surface area contributed by atoms with Gasteiger partial charge in [0.15, 0.2) is 0 Å². The molecule has 146 valence electrons. The molecule has 0 saturated heterocycles. The van der Waals surface area contributed by atoms with Crippen molar-refractivity contribution in [2.45, 2.75) is 38.1 Å². The Labute approximate surface area is 163 Å². The van der Waals surface area contributed by atoms with Crippen LogP contribution >= 0.6 is 0 Å². The van der Waals surface area contributed by atoms with Gasteiger partial charge in [-0.15, -0.1) is 0 Å². The molecule has 7 nitrogen and oxygen atoms in total. The Balaban J connectivity index is 1.64. The van der Waals surface area contributed by atoms with Crippen LogP contribution < -0.4 is 10.6 Å². The maximum atomic E-state index is 12.5. The van der Waals surface area contributed by atoms with E-state index in [1.54, 1.807) is 30.3 Å². The first-order valence-electron chi connectivity index (χ1n) is 9.33. The van der Waals surface area contributed by atoms with Crippen molar-refractivity contribution in [2.24, 2.45) is 0 Å². The fourth-order valence-corrected chi connectivity index (χ4v) is 3.21. The van der Waals surface area contributed by atoms with Crippen LogP contribution in [0.15, 0.2) is 42.6 Å². The molecule has 3 rings (SSSR count). The SMILES string of the molecule is COC(=O)c1ccc(NC(=O)c2cc(C(=O)NC3CCCCC3)ccn2)cc1. The van der Waals surface area contributed by atoms with E-state index in [4.69, 9.17) is 0 Å². The Morgan fingerprint density at radius 3 is 2.36 bits per heavy atom. The number of esters is 1. The number of hydrogen-bond acceptors (Lipinski definition) is 5. The molecule has 1 fully saturated rings. The number of pyridine rings is 1. The summed E-state index contributed by atoms with van der Waals surface area (Å²) in [6.07, 6.45) is 6.91. The third kappa shape index (κ3) is 4.94. The molecule has 1 saturated carbocycles. The van der Waals surface area contributed by atoms with Gasteiger partial charge in [0.2, 0.25) is 0 Å². The lowest BCUT2D eigenvalue weighted by Gasteiger charge is -2.22. The van der Waals surface area contributed by atoms with Crippen LogP contribution in [0.2, 0.25) is 0 Å². The number of carbonyl (C=O) groups excluding carboxylic acids is 3. The number of carbonyl (C=O) groups is 3. The summed E-state index contributed by atoms with van der Waals surface area (Å²) in [6, 6.07) is 9.59. The smallest absolute Gasteiger partial charge is 0.337 e. The second-order valence-corrected chi connectivity index (χ2v) is 6.76. The van der Waals surface area contributed by atoms with Gasteiger partial charge in [-0.25, -0.2) is 4.79 Å². The molecule has 1 heterocycles. The predicted molar refractivity (Wildman–Crippen MR) is 104 cm³/mol. The molecule has 0 bridgehead atoms. The standard InChI is InChI=1S/C21H23N3O4/c1-28-21(27)14-7-9-17(10-8-14)24-20(26)18-13-15(11-12-22-18)19(25)23-16-5-3-2-4-6-16/h7-13,16H,2-6H2,1H3,(H,23,25)(H,24,26). The van der Waals surface area contributed by atoms with Gasteiger partial charge in [0.05, 0.1) is 12.7 Å². The predicted octanol–water partition coefficient (Wildman–Crippen LogP) is 3.18. The normalized spacial score (nSPS) is 14.2. The number of rotatable bonds is 5. The monoisotopic (exact) mass is 381 g/mol. The van der Waals surface area contributed by atoms with Crippen molar-refractivity contribution in [3.8, 4) is 0 Å². The van der Waals surface area contributed by atoms with E-state index < -0.39 is 11.9 Å². The van der Waals surface area contributed by atoms with Crippen LogP contribution in [0.4, 0.5) is 5.69 Å². The molecule has 0 atom stereocenters. The highest BCUT2D eigenvalue weighted by Gasteiger charge is 2.18. The van der Waals surface area contributed by atoms with Crippen LogP contribution in [0.3, 0.4) is 0 Å². The molecule has 1 aromatic heterocycles. The summed E-state index contributed by atoms with van der Waals surface area (Å²) in [5, 5.41) is 5.74. The molecule has 7 heteroatoms. The van der Waals surface area contributed by atoms with Crippen molar-refractivity contribution >= 4 is 23.5 Å². The molecule has 2 amide bonds. The van der Waals surface area contributed by atoms with Crippen molar-refractivity contribution in [1.29, 1.82) is 0 Å². The van der Waals surface area contributed by atoms with Crippen molar-refractivity contribution in [2.75, 3.05) is 12.4 Å². The number of ether oxygens (including phenoxy) is 1. The maximum Gasteiger partial charge on any atom is 0.337 e. The Morgan fingerprint density at radius 1 is 0.964 bits per heavy atom. The first-order chi connectivity index (χ1) is 13.6. The van der Waals surface area contributed by atoms with Crippen molar-refractivity contribution in [1.82, 2.24) is 10.3 Å². The number of nitrogens with zero attached hydrogens (tertiary/aromatic N) is 1. The minimum atomic E-state index is -0.448. The van der Waals surface area contributed by atoms with Crippen molar-refractivity contribution < 1.29 is 19.1 Å². The fourth-order valence-electron chi connectivity index (χ4n) is 3.21. The molecule has 1 aromatic carbocycles. The Hall–Kier alpha value is -3.22. The zero-order chi connectivity index (χ0) is 19.9. The lowest BCUT2D eigenvalue weighted by molar-refractivity contribution is 0.0600. The first kappa shape index (κ1) is 19.5. The van der Waals surface area contributed by atoms with Crippen LogP contribution in [-0.2, 0) is 4.74 Å². The molecule has 1 aliphatic carbocycles. The summed E-state index contributed by atoms with van der Waals surface area (Å²) < 4.78 is 4.64. The number of methoxy groups -OCH3 is 1. The zero-order valence-corrected chi connectivity index (χ0v) is 15.7. The van der Waals surface area contributed by atoms with E-state index in [1.807, 2.05) is 0 Å². The molecule has 1 aliphatic rings. The largest absolute Gasteiger partial charge is 0.465 e. The minimum absolute atomic E-state index is 0.147. The highest BCUT2D eigenvalue weighted by atomic mass is 16.5. The van der Waals surface area contributed by atoms with Gasteiger partial charge in [0, 0.05) is 23.5 Å². The molecule has 0 radical (unpaired) electrons. The van der Waals surface area contributed by atoms with E-state index in [9.17, 15) is 14.4 Å². The lowest BCUT2D eigenvalue weighted by atomic mass is 9.95. The van der Waals surface area contributed by atoms with E-state index in [2.05, 4.69) is 20.4 Å². The maximum absolute atomic E-state index is 12.5. The van der Waals surface area contributed by atoms with Crippen LogP contribution in [0.25, 0.3) is 0 Å². The van der Waals surface area contributed by atoms with Gasteiger partial charge in [0.1, 0.15) is 5.69 Å². The summed E-state index contributed by atoms with van der Waals surface area (Å²) in [6.45, 7) is 0. The first-order valence-corrected chi connectivity index (χ1v) is 9.33. The minimum Gasteiger partial charge on any atom is -0.465 e. The lowest BCUT2D eigenvalue weighted by Crippen LogP contribution is -2.36. The number of aromatic nitrogens is 1. The van der Waals surface area contributed by atoms with E-state index in [-0.39, 0.29) is 17.6 Å². The average Bonchev–Trinajstić information content (AvgIpc) is 2.74. The number of amides is 2. The molecule has 28 heavy (non-hydrogen) atoms. The summed E-state index contributed by atoms with van der Waals surface area (Å²) in [7, 11) is 1.31. The van der Waals surface area contributed by atoms with E-state index >= 15 is 0 Å². The van der Waals surface area contributed by atoms with Crippen LogP contribution in [0.5, 0.6) is 0 Å². The molecule has 0 spiro atoms. The summed E-state index contributed by atoms with van der Waals surface area (Å²) in [5.74, 6) is -1.07. The Morgan fingerprint density at radius 2 is 1.68 bits per heavy atom. The molecular formula is C21H23N3O4. The molecule has 0 aliphatic heterocycles. The average molecular weight is 381 g/mol. The second kappa shape index (κ2) is 9.12. The summed E-state index contributed by atoms with van der Waals surface area (Å²) in [5.41, 5.74) is 1.46. The number of nitrogens with one attached hydrogen (secondary N) is 2. The van der Waals surface area contributed by atoms with Crippen LogP contribution in [0.1, 0.15) is 63.3 Å². The van der Waals surface area contributed by atoms with Gasteiger partial charge in [0.25, 0.3) is 11.8 Å². The fraction of sp³-hybridized carbons (Fsp3) is 0.333. The zero-order valence-electron chi connectivity index (χ0n) is 15.7. The second-order valence-electron chi connectivity index (χ2n) is 6.76. The highest BCUT2D eigenvalue weighted by molar-refractivity contribution is 6.05. The third-order valence-electron chi connectivity index (χ3n) is 4.76. The van der Waals surface area contributed by atoms with Gasteiger partial charge in [-0.1, -0.05) is 19.3 Å². The third-order valence-corrected chi connectivity index (χ3v) is 4.76. The quantitative estimate of drug-likeness (QED) is 0.775. The topological polar surface area (TPSA) is 97.4 Å². The van der Waals surface area contributed by atoms with E-state index in [0.717, 1.165) is 25.7 Å². The Bertz CT molecular complexity index is 858. The van der Waals surface area contributed by atoms with Gasteiger partial charge in [-0.05, 0) is 49.2 Å². The van der Waals surface area contributed by atoms with Crippen molar-refractivity contribution in [3.63, 3.8) is 0 Å². The number of benzene rings is 1. The molecule has 0 unspecified atom stereocenters. The number of anilines is 1. The highest BCUT2D eigenvalue weighted by Crippen LogP contribution is 2.18. The van der Waals surface area contributed by atoms with Crippen molar-refractivity contribution in [3.05, 3.63) is 59.4 Å².